The highest BCUT2D eigenvalue weighted by molar-refractivity contribution is 6.02. The van der Waals surface area contributed by atoms with Crippen molar-refractivity contribution in [3.63, 3.8) is 0 Å². The zero-order valence-electron chi connectivity index (χ0n) is 6.50. The molecule has 1 amide bonds. The topological polar surface area (TPSA) is 80.4 Å². The number of ketones is 1. The van der Waals surface area contributed by atoms with Crippen LogP contribution in [0.25, 0.3) is 0 Å². The van der Waals surface area contributed by atoms with Gasteiger partial charge in [0, 0.05) is 5.57 Å². The summed E-state index contributed by atoms with van der Waals surface area (Å²) in [7, 11) is 0. The van der Waals surface area contributed by atoms with Crippen LogP contribution in [0.5, 0.6) is 0 Å². The van der Waals surface area contributed by atoms with Crippen molar-refractivity contribution in [2.75, 3.05) is 0 Å². The molecule has 0 fully saturated rings. The maximum absolute atomic E-state index is 10.7. The first-order valence-corrected chi connectivity index (χ1v) is 3.15. The minimum absolute atomic E-state index is 0.149. The van der Waals surface area contributed by atoms with E-state index in [2.05, 4.69) is 0 Å². The molecule has 62 valence electrons. The summed E-state index contributed by atoms with van der Waals surface area (Å²) < 4.78 is 0. The number of aliphatic hydroxyl groups excluding tert-OH is 1. The van der Waals surface area contributed by atoms with Crippen molar-refractivity contribution < 1.29 is 14.7 Å². The maximum Gasteiger partial charge on any atom is 0.244 e. The van der Waals surface area contributed by atoms with E-state index >= 15 is 0 Å². The predicted molar refractivity (Wildman–Crippen MR) is 39.6 cm³/mol. The van der Waals surface area contributed by atoms with Gasteiger partial charge in [-0.2, -0.15) is 0 Å². The third-order valence-corrected chi connectivity index (χ3v) is 1.16. The summed E-state index contributed by atoms with van der Waals surface area (Å²) in [6.07, 6.45) is -0.0446. The molecule has 0 saturated heterocycles. The number of aliphatic hydroxyl groups is 1. The fourth-order valence-electron chi connectivity index (χ4n) is 0.405. The molecule has 0 aliphatic heterocycles. The van der Waals surface area contributed by atoms with Crippen LogP contribution in [-0.4, -0.2) is 22.9 Å². The zero-order valence-corrected chi connectivity index (χ0v) is 6.50. The van der Waals surface area contributed by atoms with Gasteiger partial charge in [-0.1, -0.05) is 0 Å². The summed E-state index contributed by atoms with van der Waals surface area (Å²) in [5, 5.41) is 8.71. The Kier molecular flexibility index (Phi) is 3.47. The van der Waals surface area contributed by atoms with Gasteiger partial charge in [0.15, 0.2) is 5.78 Å². The average Bonchev–Trinajstić information content (AvgIpc) is 1.87. The Bertz CT molecular complexity index is 206. The molecule has 11 heavy (non-hydrogen) atoms. The molecule has 0 aromatic rings. The van der Waals surface area contributed by atoms with Crippen molar-refractivity contribution in [3.05, 3.63) is 11.6 Å². The SMILES string of the molecule is CC(=CC(=O)C(C)O)C(N)=O. The number of hydrogen-bond acceptors (Lipinski definition) is 3. The highest BCUT2D eigenvalue weighted by Gasteiger charge is 2.07. The van der Waals surface area contributed by atoms with Crippen LogP contribution in [0.3, 0.4) is 0 Å². The average molecular weight is 157 g/mol. The molecule has 0 radical (unpaired) electrons. The van der Waals surface area contributed by atoms with E-state index in [9.17, 15) is 9.59 Å². The van der Waals surface area contributed by atoms with Gasteiger partial charge in [-0.15, -0.1) is 0 Å². The van der Waals surface area contributed by atoms with Gasteiger partial charge in [0.2, 0.25) is 5.91 Å². The molecule has 0 aliphatic carbocycles. The van der Waals surface area contributed by atoms with Gasteiger partial charge < -0.3 is 10.8 Å². The van der Waals surface area contributed by atoms with E-state index in [0.717, 1.165) is 6.08 Å². The Balaban J connectivity index is 4.32. The van der Waals surface area contributed by atoms with Crippen LogP contribution in [0.1, 0.15) is 13.8 Å². The van der Waals surface area contributed by atoms with E-state index in [4.69, 9.17) is 10.8 Å². The van der Waals surface area contributed by atoms with E-state index in [1.807, 2.05) is 0 Å². The third-order valence-electron chi connectivity index (χ3n) is 1.16. The second-order valence-electron chi connectivity index (χ2n) is 2.27. The number of amides is 1. The predicted octanol–water partition coefficient (Wildman–Crippen LogP) is -0.632. The molecule has 0 aromatic heterocycles. The van der Waals surface area contributed by atoms with E-state index in [0.29, 0.717) is 0 Å². The van der Waals surface area contributed by atoms with Crippen LogP contribution in [-0.2, 0) is 9.59 Å². The van der Waals surface area contributed by atoms with Gasteiger partial charge in [0.25, 0.3) is 0 Å². The second kappa shape index (κ2) is 3.88. The number of hydrogen-bond donors (Lipinski definition) is 2. The molecule has 4 heteroatoms. The second-order valence-corrected chi connectivity index (χ2v) is 2.27. The third kappa shape index (κ3) is 3.52. The summed E-state index contributed by atoms with van der Waals surface area (Å²) in [6.45, 7) is 2.75. The highest BCUT2D eigenvalue weighted by Crippen LogP contribution is 1.93. The van der Waals surface area contributed by atoms with E-state index in [1.54, 1.807) is 0 Å². The lowest BCUT2D eigenvalue weighted by Crippen LogP contribution is -2.17. The summed E-state index contributed by atoms with van der Waals surface area (Å²) in [5.74, 6) is -1.17. The number of nitrogens with two attached hydrogens (primary N) is 1. The number of carbonyl (C=O) groups is 2. The smallest absolute Gasteiger partial charge is 0.244 e. The summed E-state index contributed by atoms with van der Waals surface area (Å²) >= 11 is 0. The van der Waals surface area contributed by atoms with E-state index in [1.165, 1.54) is 13.8 Å². The minimum atomic E-state index is -1.08. The van der Waals surface area contributed by atoms with Gasteiger partial charge in [-0.25, -0.2) is 0 Å². The van der Waals surface area contributed by atoms with Gasteiger partial charge in [0.05, 0.1) is 0 Å². The molecule has 0 saturated carbocycles. The lowest BCUT2D eigenvalue weighted by atomic mass is 10.2. The van der Waals surface area contributed by atoms with Crippen LogP contribution in [0, 0.1) is 0 Å². The number of carbonyl (C=O) groups excluding carboxylic acids is 2. The van der Waals surface area contributed by atoms with Crippen LogP contribution >= 0.6 is 0 Å². The van der Waals surface area contributed by atoms with Crippen LogP contribution in [0.15, 0.2) is 11.6 Å². The molecule has 0 aliphatic rings. The Morgan fingerprint density at radius 2 is 2.00 bits per heavy atom. The van der Waals surface area contributed by atoms with Crippen LogP contribution in [0.4, 0.5) is 0 Å². The first kappa shape index (κ1) is 9.84. The number of primary amides is 1. The fraction of sp³-hybridized carbons (Fsp3) is 0.429. The molecule has 3 N–H and O–H groups in total. The lowest BCUT2D eigenvalue weighted by Gasteiger charge is -1.97. The zero-order chi connectivity index (χ0) is 9.02. The largest absolute Gasteiger partial charge is 0.385 e. The van der Waals surface area contributed by atoms with Gasteiger partial charge in [-0.05, 0) is 19.9 Å². The summed E-state index contributed by atoms with van der Waals surface area (Å²) in [6, 6.07) is 0. The first-order valence-electron chi connectivity index (χ1n) is 3.15. The van der Waals surface area contributed by atoms with E-state index < -0.39 is 17.8 Å². The van der Waals surface area contributed by atoms with Crippen molar-refractivity contribution in [1.29, 1.82) is 0 Å². The monoisotopic (exact) mass is 157 g/mol. The first-order chi connectivity index (χ1) is 4.95. The molecular formula is C7H11NO3. The number of rotatable bonds is 3. The molecule has 1 atom stereocenters. The Morgan fingerprint density at radius 3 is 2.27 bits per heavy atom. The quantitative estimate of drug-likeness (QED) is 0.535. The highest BCUT2D eigenvalue weighted by atomic mass is 16.3. The van der Waals surface area contributed by atoms with Crippen LogP contribution in [0.2, 0.25) is 0 Å². The Hall–Kier alpha value is -1.16. The standard InChI is InChI=1S/C7H11NO3/c1-4(7(8)11)3-6(10)5(2)9/h3,5,9H,1-2H3,(H2,8,11). The van der Waals surface area contributed by atoms with Crippen molar-refractivity contribution in [3.8, 4) is 0 Å². The molecule has 1 unspecified atom stereocenters. The van der Waals surface area contributed by atoms with Crippen molar-refractivity contribution in [2.45, 2.75) is 20.0 Å². The van der Waals surface area contributed by atoms with Gasteiger partial charge >= 0.3 is 0 Å². The Morgan fingerprint density at radius 1 is 1.55 bits per heavy atom. The van der Waals surface area contributed by atoms with Crippen molar-refractivity contribution in [1.82, 2.24) is 0 Å². The lowest BCUT2D eigenvalue weighted by molar-refractivity contribution is -0.122. The molecule has 0 rings (SSSR count). The van der Waals surface area contributed by atoms with Gasteiger partial charge in [0.1, 0.15) is 6.10 Å². The molecule has 0 heterocycles. The summed E-state index contributed by atoms with van der Waals surface area (Å²) in [4.78, 5) is 21.1. The maximum atomic E-state index is 10.7. The molecular weight excluding hydrogens is 146 g/mol. The van der Waals surface area contributed by atoms with Gasteiger partial charge in [-0.3, -0.25) is 9.59 Å². The van der Waals surface area contributed by atoms with E-state index in [-0.39, 0.29) is 5.57 Å². The van der Waals surface area contributed by atoms with Crippen LogP contribution < -0.4 is 5.73 Å². The fourth-order valence-corrected chi connectivity index (χ4v) is 0.405. The van der Waals surface area contributed by atoms with Crippen molar-refractivity contribution >= 4 is 11.7 Å². The Labute approximate surface area is 64.7 Å². The minimum Gasteiger partial charge on any atom is -0.385 e. The molecule has 4 nitrogen and oxygen atoms in total. The van der Waals surface area contributed by atoms with Crippen molar-refractivity contribution in [2.24, 2.45) is 5.73 Å². The summed E-state index contributed by atoms with van der Waals surface area (Å²) in [5.41, 5.74) is 4.99. The molecule has 0 aromatic carbocycles. The molecule has 0 spiro atoms. The molecule has 0 bridgehead atoms. The normalized spacial score (nSPS) is 14.3.